The van der Waals surface area contributed by atoms with Crippen LogP contribution in [0.1, 0.15) is 63.7 Å². The number of aromatic nitrogens is 1. The Morgan fingerprint density at radius 2 is 1.69 bits per heavy atom. The molecule has 1 aliphatic heterocycles. The summed E-state index contributed by atoms with van der Waals surface area (Å²) in [5.41, 5.74) is 7.94. The molecule has 0 bridgehead atoms. The normalized spacial score (nSPS) is 15.9. The van der Waals surface area contributed by atoms with Crippen LogP contribution in [-0.2, 0) is 27.8 Å². The molecule has 4 N–H and O–H groups in total. The van der Waals surface area contributed by atoms with Crippen LogP contribution in [0.5, 0.6) is 0 Å². The fraction of sp³-hybridized carbons (Fsp3) is 0.514. The Bertz CT molecular complexity index is 1610. The van der Waals surface area contributed by atoms with Gasteiger partial charge < -0.3 is 26.0 Å². The molecule has 3 atom stereocenters. The number of aliphatic hydroxyl groups is 1. The molecule has 2 aromatic carbocycles. The molecule has 1 aromatic heterocycles. The SMILES string of the molecule is CC(C)CN(C[C@@H](O)[C@H](Cc1ccccc1)NC(=O)C(C(C)C)N1CCN(Cc2csc(C(C)C)n2)C1=O)S(=O)(=O)c1ccc(N)cc1. The number of hydrogen-bond donors (Lipinski definition) is 3. The molecule has 13 heteroatoms. The van der Waals surface area contributed by atoms with Crippen LogP contribution >= 0.6 is 11.3 Å². The van der Waals surface area contributed by atoms with Gasteiger partial charge >= 0.3 is 6.03 Å². The van der Waals surface area contributed by atoms with Gasteiger partial charge in [-0.05, 0) is 48.1 Å². The molecule has 1 aliphatic rings. The van der Waals surface area contributed by atoms with Crippen molar-refractivity contribution in [1.82, 2.24) is 24.4 Å². The second-order valence-electron chi connectivity index (χ2n) is 13.6. The molecule has 0 spiro atoms. The first kappa shape index (κ1) is 37.3. The van der Waals surface area contributed by atoms with Gasteiger partial charge in [0.05, 0.1) is 34.3 Å². The molecular weight excluding hydrogens is 649 g/mol. The maximum atomic E-state index is 14.1. The zero-order chi connectivity index (χ0) is 35.2. The van der Waals surface area contributed by atoms with E-state index in [1.165, 1.54) is 28.6 Å². The molecule has 0 saturated carbocycles. The van der Waals surface area contributed by atoms with E-state index < -0.39 is 34.1 Å². The average molecular weight is 699 g/mol. The molecule has 0 radical (unpaired) electrons. The van der Waals surface area contributed by atoms with Crippen molar-refractivity contribution in [2.24, 2.45) is 11.8 Å². The third-order valence-corrected chi connectivity index (χ3v) is 11.4. The third kappa shape index (κ3) is 9.34. The molecule has 3 amide bonds. The monoisotopic (exact) mass is 698 g/mol. The number of carbonyl (C=O) groups is 2. The van der Waals surface area contributed by atoms with Gasteiger partial charge in [0.25, 0.3) is 0 Å². The van der Waals surface area contributed by atoms with E-state index >= 15 is 0 Å². The Kier molecular flexibility index (Phi) is 12.6. The van der Waals surface area contributed by atoms with Gasteiger partial charge in [-0.3, -0.25) is 4.79 Å². The molecule has 262 valence electrons. The number of nitrogens with two attached hydrogens (primary N) is 1. The molecule has 3 aromatic rings. The van der Waals surface area contributed by atoms with Crippen LogP contribution in [0, 0.1) is 11.8 Å². The lowest BCUT2D eigenvalue weighted by molar-refractivity contribution is -0.128. The highest BCUT2D eigenvalue weighted by Gasteiger charge is 2.40. The number of aliphatic hydroxyl groups excluding tert-OH is 1. The molecule has 2 heterocycles. The Labute approximate surface area is 289 Å². The minimum Gasteiger partial charge on any atom is -0.399 e. The number of nitrogen functional groups attached to an aromatic ring is 1. The van der Waals surface area contributed by atoms with Crippen molar-refractivity contribution in [3.05, 3.63) is 76.2 Å². The smallest absolute Gasteiger partial charge is 0.321 e. The molecular formula is C35H50N6O5S2. The fourth-order valence-corrected chi connectivity index (χ4v) is 8.34. The summed E-state index contributed by atoms with van der Waals surface area (Å²) < 4.78 is 28.8. The number of rotatable bonds is 16. The number of amides is 3. The minimum absolute atomic E-state index is 0.0291. The van der Waals surface area contributed by atoms with E-state index in [0.717, 1.165) is 16.3 Å². The topological polar surface area (TPSA) is 149 Å². The van der Waals surface area contributed by atoms with E-state index in [9.17, 15) is 23.1 Å². The number of hydrogen-bond acceptors (Lipinski definition) is 8. The van der Waals surface area contributed by atoms with Crippen molar-refractivity contribution in [2.75, 3.05) is 31.9 Å². The zero-order valence-electron chi connectivity index (χ0n) is 28.7. The number of carbonyl (C=O) groups excluding carboxylic acids is 2. The van der Waals surface area contributed by atoms with E-state index in [2.05, 4.69) is 24.1 Å². The maximum Gasteiger partial charge on any atom is 0.321 e. The van der Waals surface area contributed by atoms with Crippen LogP contribution in [0.3, 0.4) is 0 Å². The van der Waals surface area contributed by atoms with Gasteiger partial charge in [0.15, 0.2) is 0 Å². The Balaban J connectivity index is 1.55. The van der Waals surface area contributed by atoms with Gasteiger partial charge in [-0.25, -0.2) is 18.2 Å². The Morgan fingerprint density at radius 1 is 1.02 bits per heavy atom. The predicted octanol–water partition coefficient (Wildman–Crippen LogP) is 4.55. The Hall–Kier alpha value is -3.52. The van der Waals surface area contributed by atoms with Crippen LogP contribution in [0.2, 0.25) is 0 Å². The summed E-state index contributed by atoms with van der Waals surface area (Å²) in [6, 6.07) is 13.5. The summed E-state index contributed by atoms with van der Waals surface area (Å²) in [5, 5.41) is 17.7. The van der Waals surface area contributed by atoms with Crippen LogP contribution < -0.4 is 11.1 Å². The van der Waals surface area contributed by atoms with Gasteiger partial charge in [0.1, 0.15) is 6.04 Å². The van der Waals surface area contributed by atoms with Gasteiger partial charge in [-0.1, -0.05) is 71.9 Å². The Morgan fingerprint density at radius 3 is 2.27 bits per heavy atom. The van der Waals surface area contributed by atoms with E-state index in [1.54, 1.807) is 21.1 Å². The second kappa shape index (κ2) is 16.3. The number of nitrogens with one attached hydrogen (secondary N) is 1. The average Bonchev–Trinajstić information content (AvgIpc) is 3.64. The van der Waals surface area contributed by atoms with Gasteiger partial charge in [0, 0.05) is 43.2 Å². The van der Waals surface area contributed by atoms with Crippen molar-refractivity contribution in [3.63, 3.8) is 0 Å². The van der Waals surface area contributed by atoms with Crippen LogP contribution in [0.25, 0.3) is 0 Å². The summed E-state index contributed by atoms with van der Waals surface area (Å²) in [4.78, 5) is 35.8. The lowest BCUT2D eigenvalue weighted by Crippen LogP contribution is -2.57. The van der Waals surface area contributed by atoms with E-state index in [1.807, 2.05) is 63.4 Å². The van der Waals surface area contributed by atoms with Crippen molar-refractivity contribution in [3.8, 4) is 0 Å². The van der Waals surface area contributed by atoms with Crippen LogP contribution in [0.15, 0.2) is 64.9 Å². The highest BCUT2D eigenvalue weighted by Crippen LogP contribution is 2.25. The van der Waals surface area contributed by atoms with Crippen molar-refractivity contribution < 1.29 is 23.1 Å². The number of benzene rings is 2. The fourth-order valence-electron chi connectivity index (χ4n) is 5.89. The third-order valence-electron chi connectivity index (χ3n) is 8.35. The molecule has 4 rings (SSSR count). The van der Waals surface area contributed by atoms with Gasteiger partial charge in [0.2, 0.25) is 15.9 Å². The molecule has 48 heavy (non-hydrogen) atoms. The molecule has 1 fully saturated rings. The van der Waals surface area contributed by atoms with E-state index in [4.69, 9.17) is 5.73 Å². The predicted molar refractivity (Wildman–Crippen MR) is 190 cm³/mol. The van der Waals surface area contributed by atoms with E-state index in [0.29, 0.717) is 31.2 Å². The summed E-state index contributed by atoms with van der Waals surface area (Å²) in [7, 11) is -3.99. The number of sulfonamides is 1. The number of anilines is 1. The molecule has 11 nitrogen and oxygen atoms in total. The lowest BCUT2D eigenvalue weighted by Gasteiger charge is -2.34. The standard InChI is InChI=1S/C35H50N6O5S2/c1-23(2)19-40(48(45,46)29-14-12-27(36)13-15-29)21-31(42)30(18-26-10-8-7-9-11-26)38-33(43)32(24(3)4)41-17-16-39(35(41)44)20-28-22-47-34(37-28)25(5)6/h7-15,22-25,30-32,42H,16-21,36H2,1-6H3,(H,38,43)/t30-,31+,32?/m0/s1. The first-order valence-electron chi connectivity index (χ1n) is 16.5. The molecule has 1 saturated heterocycles. The molecule has 1 unspecified atom stereocenters. The first-order chi connectivity index (χ1) is 22.7. The van der Waals surface area contributed by atoms with Gasteiger partial charge in [-0.15, -0.1) is 11.3 Å². The van der Waals surface area contributed by atoms with Gasteiger partial charge in [-0.2, -0.15) is 4.31 Å². The number of thiazole rings is 1. The number of nitrogens with zero attached hydrogens (tertiary/aromatic N) is 4. The summed E-state index contributed by atoms with van der Waals surface area (Å²) in [5.74, 6) is -0.345. The number of urea groups is 1. The maximum absolute atomic E-state index is 14.1. The van der Waals surface area contributed by atoms with Crippen LogP contribution in [0.4, 0.5) is 10.5 Å². The van der Waals surface area contributed by atoms with Crippen molar-refractivity contribution in [1.29, 1.82) is 0 Å². The van der Waals surface area contributed by atoms with E-state index in [-0.39, 0.29) is 42.3 Å². The van der Waals surface area contributed by atoms with Crippen molar-refractivity contribution >= 4 is 39.0 Å². The first-order valence-corrected chi connectivity index (χ1v) is 18.9. The summed E-state index contributed by atoms with van der Waals surface area (Å²) in [6.45, 7) is 12.9. The highest BCUT2D eigenvalue weighted by atomic mass is 32.2. The minimum atomic E-state index is -3.99. The lowest BCUT2D eigenvalue weighted by atomic mass is 9.97. The highest BCUT2D eigenvalue weighted by molar-refractivity contribution is 7.89. The quantitative estimate of drug-likeness (QED) is 0.186. The second-order valence-corrected chi connectivity index (χ2v) is 16.4. The van der Waals surface area contributed by atoms with Crippen molar-refractivity contribution in [2.45, 2.75) is 83.5 Å². The summed E-state index contributed by atoms with van der Waals surface area (Å²) >= 11 is 1.58. The van der Waals surface area contributed by atoms with Crippen LogP contribution in [-0.4, -0.2) is 88.9 Å². The zero-order valence-corrected chi connectivity index (χ0v) is 30.4. The largest absolute Gasteiger partial charge is 0.399 e. The molecule has 0 aliphatic carbocycles. The summed E-state index contributed by atoms with van der Waals surface area (Å²) in [6.07, 6.45) is -0.993.